The maximum absolute atomic E-state index is 11.5. The number of carboxylic acids is 1. The Kier molecular flexibility index (Phi) is 11.3. The second-order valence-electron chi connectivity index (χ2n) is 13.4. The molecule has 5 aromatic rings. The van der Waals surface area contributed by atoms with Gasteiger partial charge in [0.05, 0.1) is 32.0 Å². The summed E-state index contributed by atoms with van der Waals surface area (Å²) in [4.78, 5) is 37.4. The number of amides is 1. The number of carboxylic acid groups (broad SMARTS) is 1. The van der Waals surface area contributed by atoms with Crippen LogP contribution in [0.3, 0.4) is 0 Å². The number of pyridine rings is 2. The van der Waals surface area contributed by atoms with Gasteiger partial charge in [-0.3, -0.25) is 14.6 Å². The Morgan fingerprint density at radius 2 is 1.71 bits per heavy atom. The molecular formula is C39H41Cl2N7O3S. The lowest BCUT2D eigenvalue weighted by Crippen LogP contribution is -2.35. The molecule has 52 heavy (non-hydrogen) atoms. The molecule has 2 aliphatic rings. The highest BCUT2D eigenvalue weighted by atomic mass is 35.5. The molecule has 0 bridgehead atoms. The Morgan fingerprint density at radius 3 is 2.46 bits per heavy atom. The van der Waals surface area contributed by atoms with E-state index in [0.29, 0.717) is 53.9 Å². The van der Waals surface area contributed by atoms with Gasteiger partial charge in [-0.25, -0.2) is 9.97 Å². The van der Waals surface area contributed by atoms with Crippen LogP contribution in [0.1, 0.15) is 61.7 Å². The molecule has 2 aromatic carbocycles. The molecule has 1 aliphatic heterocycles. The highest BCUT2D eigenvalue weighted by molar-refractivity contribution is 7.18. The fraction of sp³-hybridized carbons (Fsp3) is 0.359. The Bertz CT molecular complexity index is 2100. The molecule has 0 radical (unpaired) electrons. The minimum atomic E-state index is -0.692. The number of hydrogen-bond acceptors (Lipinski definition) is 9. The number of aromatic nitrogens is 3. The van der Waals surface area contributed by atoms with Crippen molar-refractivity contribution in [2.24, 2.45) is 5.92 Å². The van der Waals surface area contributed by atoms with Crippen LogP contribution >= 0.6 is 34.5 Å². The monoisotopic (exact) mass is 757 g/mol. The lowest BCUT2D eigenvalue weighted by molar-refractivity contribution is -0.142. The van der Waals surface area contributed by atoms with Crippen LogP contribution in [0.25, 0.3) is 32.6 Å². The minimum absolute atomic E-state index is 0.120. The average molecular weight is 759 g/mol. The van der Waals surface area contributed by atoms with Crippen molar-refractivity contribution in [1.29, 1.82) is 0 Å². The smallest absolute Gasteiger partial charge is 0.306 e. The number of carbonyl (C=O) groups is 2. The minimum Gasteiger partial charge on any atom is -0.481 e. The lowest BCUT2D eigenvalue weighted by atomic mass is 9.86. The molecular weight excluding hydrogens is 717 g/mol. The number of halogens is 2. The summed E-state index contributed by atoms with van der Waals surface area (Å²) >= 11 is 15.8. The van der Waals surface area contributed by atoms with Gasteiger partial charge in [0.2, 0.25) is 5.91 Å². The van der Waals surface area contributed by atoms with Gasteiger partial charge < -0.3 is 26.4 Å². The molecule has 7 rings (SSSR count). The SMILES string of the molecule is CCc1nc(-c2cccc(-c3cccc(Nc4nccc5sc(CNC6CCC(C(=O)O)CC6)nc45)c3Cl)c2Cl)ccc1CNC[C@@H]1CCC(=O)N1. The van der Waals surface area contributed by atoms with Gasteiger partial charge in [0, 0.05) is 66.7 Å². The van der Waals surface area contributed by atoms with Gasteiger partial charge in [0.15, 0.2) is 5.82 Å². The molecule has 0 unspecified atom stereocenters. The average Bonchev–Trinajstić information content (AvgIpc) is 3.78. The number of carbonyl (C=O) groups excluding carboxylic acids is 1. The van der Waals surface area contributed by atoms with Crippen molar-refractivity contribution in [3.63, 3.8) is 0 Å². The topological polar surface area (TPSA) is 141 Å². The van der Waals surface area contributed by atoms with Crippen LogP contribution in [-0.2, 0) is 29.1 Å². The first kappa shape index (κ1) is 36.2. The van der Waals surface area contributed by atoms with E-state index in [-0.39, 0.29) is 23.9 Å². The summed E-state index contributed by atoms with van der Waals surface area (Å²) in [6.07, 6.45) is 7.09. The van der Waals surface area contributed by atoms with Crippen molar-refractivity contribution < 1.29 is 14.7 Å². The molecule has 1 amide bonds. The van der Waals surface area contributed by atoms with Crippen molar-refractivity contribution in [3.05, 3.63) is 87.1 Å². The largest absolute Gasteiger partial charge is 0.481 e. The number of nitrogens with one attached hydrogen (secondary N) is 4. The quantitative estimate of drug-likeness (QED) is 0.0805. The molecule has 1 aliphatic carbocycles. The summed E-state index contributed by atoms with van der Waals surface area (Å²) in [5.74, 6) is -0.195. The Hall–Kier alpha value is -4.13. The summed E-state index contributed by atoms with van der Waals surface area (Å²) in [6.45, 7) is 4.11. The molecule has 3 aromatic heterocycles. The number of rotatable bonds is 13. The van der Waals surface area contributed by atoms with Crippen LogP contribution in [0.5, 0.6) is 0 Å². The summed E-state index contributed by atoms with van der Waals surface area (Å²) in [6, 6.07) is 18.2. The summed E-state index contributed by atoms with van der Waals surface area (Å²) < 4.78 is 1.01. The maximum Gasteiger partial charge on any atom is 0.306 e. The Labute approximate surface area is 316 Å². The predicted molar refractivity (Wildman–Crippen MR) is 208 cm³/mol. The number of hydrogen-bond donors (Lipinski definition) is 5. The van der Waals surface area contributed by atoms with Gasteiger partial charge in [0.1, 0.15) is 10.5 Å². The second kappa shape index (κ2) is 16.3. The molecule has 270 valence electrons. The van der Waals surface area contributed by atoms with Gasteiger partial charge in [-0.05, 0) is 62.3 Å². The molecule has 4 heterocycles. The molecule has 1 saturated carbocycles. The summed E-state index contributed by atoms with van der Waals surface area (Å²) in [5, 5.41) is 24.8. The first-order valence-electron chi connectivity index (χ1n) is 17.8. The number of nitrogens with zero attached hydrogens (tertiary/aromatic N) is 3. The maximum atomic E-state index is 11.5. The van der Waals surface area contributed by atoms with Gasteiger partial charge >= 0.3 is 5.97 Å². The molecule has 10 nitrogen and oxygen atoms in total. The predicted octanol–water partition coefficient (Wildman–Crippen LogP) is 8.13. The fourth-order valence-corrected chi connectivity index (χ4v) is 8.62. The zero-order valence-corrected chi connectivity index (χ0v) is 31.2. The van der Waals surface area contributed by atoms with Crippen molar-refractivity contribution in [2.45, 2.75) is 77.0 Å². The van der Waals surface area contributed by atoms with Crippen molar-refractivity contribution in [1.82, 2.24) is 30.9 Å². The van der Waals surface area contributed by atoms with Gasteiger partial charge in [-0.2, -0.15) is 0 Å². The summed E-state index contributed by atoms with van der Waals surface area (Å²) in [7, 11) is 0. The lowest BCUT2D eigenvalue weighted by Gasteiger charge is -2.26. The number of fused-ring (bicyclic) bond motifs is 1. The molecule has 13 heteroatoms. The van der Waals surface area contributed by atoms with E-state index in [1.165, 1.54) is 0 Å². The van der Waals surface area contributed by atoms with Crippen molar-refractivity contribution in [2.75, 3.05) is 11.9 Å². The zero-order valence-electron chi connectivity index (χ0n) is 28.8. The Balaban J connectivity index is 1.07. The highest BCUT2D eigenvalue weighted by Crippen LogP contribution is 2.42. The van der Waals surface area contributed by atoms with Crippen LogP contribution < -0.4 is 21.3 Å². The molecule has 5 N–H and O–H groups in total. The molecule has 0 spiro atoms. The van der Waals surface area contributed by atoms with E-state index in [1.807, 2.05) is 48.5 Å². The van der Waals surface area contributed by atoms with Crippen LogP contribution in [0, 0.1) is 5.92 Å². The van der Waals surface area contributed by atoms with Crippen LogP contribution in [0.15, 0.2) is 60.8 Å². The van der Waals surface area contributed by atoms with E-state index < -0.39 is 5.97 Å². The van der Waals surface area contributed by atoms with Gasteiger partial charge in [0.25, 0.3) is 0 Å². The number of thiazole rings is 1. The van der Waals surface area contributed by atoms with Crippen LogP contribution in [0.2, 0.25) is 10.0 Å². The van der Waals surface area contributed by atoms with E-state index in [1.54, 1.807) is 17.5 Å². The third-order valence-electron chi connectivity index (χ3n) is 9.98. The van der Waals surface area contributed by atoms with E-state index in [0.717, 1.165) is 81.1 Å². The zero-order chi connectivity index (χ0) is 36.2. The van der Waals surface area contributed by atoms with E-state index in [2.05, 4.69) is 39.2 Å². The van der Waals surface area contributed by atoms with E-state index in [9.17, 15) is 14.7 Å². The first-order chi connectivity index (χ1) is 25.3. The van der Waals surface area contributed by atoms with Gasteiger partial charge in [-0.15, -0.1) is 11.3 Å². The number of anilines is 2. The number of aliphatic carboxylic acids is 1. The highest BCUT2D eigenvalue weighted by Gasteiger charge is 2.26. The summed E-state index contributed by atoms with van der Waals surface area (Å²) in [5.41, 5.74) is 6.75. The van der Waals surface area contributed by atoms with E-state index >= 15 is 0 Å². The Morgan fingerprint density at radius 1 is 0.942 bits per heavy atom. The normalized spacial score (nSPS) is 18.8. The molecule has 1 saturated heterocycles. The number of benzene rings is 2. The standard InChI is InChI=1S/C39H41Cl2N7O3S/c1-2-29-23(19-42-20-25-14-16-33(49)45-25)11-15-30(46-29)28-7-3-5-26(35(28)40)27-6-4-8-31(36(27)41)47-38-37-32(17-18-43-38)52-34(48-37)21-44-24-12-9-22(10-13-24)39(50)51/h3-8,11,15,17-18,22,24-25,42,44H,2,9-10,12-14,16,19-21H2,1H3,(H,43,47)(H,45,49)(H,50,51)/t22?,24?,25-/m0/s1. The third-order valence-corrected chi connectivity index (χ3v) is 11.8. The third kappa shape index (κ3) is 8.09. The second-order valence-corrected chi connectivity index (χ2v) is 15.3. The van der Waals surface area contributed by atoms with E-state index in [4.69, 9.17) is 33.2 Å². The van der Waals surface area contributed by atoms with Crippen LogP contribution in [-0.4, -0.2) is 50.6 Å². The number of aryl methyl sites for hydroxylation is 1. The van der Waals surface area contributed by atoms with Gasteiger partial charge in [-0.1, -0.05) is 66.5 Å². The molecule has 1 atom stereocenters. The van der Waals surface area contributed by atoms with Crippen LogP contribution in [0.4, 0.5) is 11.5 Å². The van der Waals surface area contributed by atoms with Crippen molar-refractivity contribution >= 4 is 68.1 Å². The molecule has 2 fully saturated rings. The first-order valence-corrected chi connectivity index (χ1v) is 19.4. The van der Waals surface area contributed by atoms with Crippen molar-refractivity contribution in [3.8, 4) is 22.4 Å². The fourth-order valence-electron chi connectivity index (χ4n) is 7.11.